The number of nitrogens with zero attached hydrogens (tertiary/aromatic N) is 3. The molecule has 0 radical (unpaired) electrons. The molecule has 1 fully saturated rings. The second-order valence-electron chi connectivity index (χ2n) is 7.78. The molecule has 1 heterocycles. The molecule has 1 aliphatic rings. The van der Waals surface area contributed by atoms with Crippen LogP contribution in [0.2, 0.25) is 0 Å². The van der Waals surface area contributed by atoms with Crippen molar-refractivity contribution in [3.05, 3.63) is 63.2 Å². The Morgan fingerprint density at radius 2 is 1.94 bits per heavy atom. The van der Waals surface area contributed by atoms with Crippen molar-refractivity contribution >= 4 is 17.3 Å². The first-order valence-corrected chi connectivity index (χ1v) is 9.72. The van der Waals surface area contributed by atoms with Gasteiger partial charge in [0.25, 0.3) is 5.91 Å². The maximum atomic E-state index is 13.7. The van der Waals surface area contributed by atoms with E-state index in [-0.39, 0.29) is 29.1 Å². The van der Waals surface area contributed by atoms with Crippen LogP contribution < -0.4 is 10.1 Å². The number of nitro groups is 1. The Labute approximate surface area is 182 Å². The van der Waals surface area contributed by atoms with E-state index in [1.165, 1.54) is 31.4 Å². The summed E-state index contributed by atoms with van der Waals surface area (Å²) in [5.74, 6) is -0.800. The Hall–Kier alpha value is -3.18. The van der Waals surface area contributed by atoms with Crippen LogP contribution in [0.25, 0.3) is 0 Å². The molecule has 0 saturated carbocycles. The molecule has 0 atom stereocenters. The Bertz CT molecular complexity index is 1020. The lowest BCUT2D eigenvalue weighted by Gasteiger charge is -2.43. The van der Waals surface area contributed by atoms with E-state index >= 15 is 0 Å². The average molecular weight is 452 g/mol. The molecule has 0 aromatic heterocycles. The minimum atomic E-state index is -4.60. The van der Waals surface area contributed by atoms with Crippen molar-refractivity contribution in [1.82, 2.24) is 9.80 Å². The van der Waals surface area contributed by atoms with Gasteiger partial charge in [-0.25, -0.2) is 0 Å². The summed E-state index contributed by atoms with van der Waals surface area (Å²) >= 11 is 0. The van der Waals surface area contributed by atoms with Crippen molar-refractivity contribution < 1.29 is 27.6 Å². The number of methoxy groups -OCH3 is 1. The highest BCUT2D eigenvalue weighted by Gasteiger charge is 2.36. The number of nitrogens with one attached hydrogen (secondary N) is 1. The fourth-order valence-electron chi connectivity index (χ4n) is 3.47. The quantitative estimate of drug-likeness (QED) is 0.510. The van der Waals surface area contributed by atoms with Crippen molar-refractivity contribution in [2.75, 3.05) is 39.6 Å². The second-order valence-corrected chi connectivity index (χ2v) is 7.78. The molecule has 1 aliphatic heterocycles. The van der Waals surface area contributed by atoms with Crippen LogP contribution in [0.4, 0.5) is 24.5 Å². The predicted molar refractivity (Wildman–Crippen MR) is 112 cm³/mol. The number of carbonyl (C=O) groups is 1. The summed E-state index contributed by atoms with van der Waals surface area (Å²) in [6.07, 6.45) is -4.60. The highest BCUT2D eigenvalue weighted by molar-refractivity contribution is 6.04. The third-order valence-electron chi connectivity index (χ3n) is 5.37. The van der Waals surface area contributed by atoms with Crippen LogP contribution in [0, 0.1) is 10.1 Å². The molecule has 1 saturated heterocycles. The normalized spacial score (nSPS) is 14.8. The van der Waals surface area contributed by atoms with Gasteiger partial charge >= 0.3 is 11.9 Å². The maximum Gasteiger partial charge on any atom is 0.416 e. The molecule has 1 N–H and O–H groups in total. The summed E-state index contributed by atoms with van der Waals surface area (Å²) < 4.78 is 45.9. The summed E-state index contributed by atoms with van der Waals surface area (Å²) in [6, 6.07) is 7.50. The molecular weight excluding hydrogens is 429 g/mol. The summed E-state index contributed by atoms with van der Waals surface area (Å²) in [5.41, 5.74) is -1.26. The number of hydrogen-bond donors (Lipinski definition) is 1. The van der Waals surface area contributed by atoms with Crippen LogP contribution >= 0.6 is 0 Å². The zero-order chi connectivity index (χ0) is 23.6. The SMILES string of the molecule is COc1ccc(C(=O)Nc2ccc(CN3CC(N(C)C)C3)c(C(F)(F)F)c2)cc1[N+](=O)[O-]. The van der Waals surface area contributed by atoms with E-state index in [2.05, 4.69) is 5.32 Å². The van der Waals surface area contributed by atoms with Gasteiger partial charge < -0.3 is 15.0 Å². The zero-order valence-electron chi connectivity index (χ0n) is 17.8. The number of likely N-dealkylation sites (N-methyl/N-ethyl adjacent to an activating group) is 1. The largest absolute Gasteiger partial charge is 0.490 e. The van der Waals surface area contributed by atoms with Crippen molar-refractivity contribution in [2.24, 2.45) is 0 Å². The Kier molecular flexibility index (Phi) is 6.70. The van der Waals surface area contributed by atoms with Gasteiger partial charge in [0.1, 0.15) is 0 Å². The Morgan fingerprint density at radius 1 is 1.25 bits per heavy atom. The van der Waals surface area contributed by atoms with Crippen molar-refractivity contribution in [3.8, 4) is 5.75 Å². The van der Waals surface area contributed by atoms with Crippen LogP contribution in [0.1, 0.15) is 21.5 Å². The van der Waals surface area contributed by atoms with E-state index in [4.69, 9.17) is 4.74 Å². The van der Waals surface area contributed by atoms with E-state index in [9.17, 15) is 28.1 Å². The van der Waals surface area contributed by atoms with Gasteiger partial charge in [-0.2, -0.15) is 13.2 Å². The Morgan fingerprint density at radius 3 is 2.50 bits per heavy atom. The molecule has 0 unspecified atom stereocenters. The number of ether oxygens (including phenoxy) is 1. The number of anilines is 1. The number of alkyl halides is 3. The predicted octanol–water partition coefficient (Wildman–Crippen LogP) is 3.62. The van der Waals surface area contributed by atoms with Gasteiger partial charge in [-0.15, -0.1) is 0 Å². The molecular formula is C21H23F3N4O4. The monoisotopic (exact) mass is 452 g/mol. The van der Waals surface area contributed by atoms with E-state index in [0.29, 0.717) is 19.1 Å². The second kappa shape index (κ2) is 9.13. The molecule has 172 valence electrons. The first-order chi connectivity index (χ1) is 15.0. The first-order valence-electron chi connectivity index (χ1n) is 9.72. The number of nitro benzene ring substituents is 1. The molecule has 2 aromatic carbocycles. The van der Waals surface area contributed by atoms with E-state index in [1.54, 1.807) is 0 Å². The molecule has 0 aliphatic carbocycles. The molecule has 0 bridgehead atoms. The number of benzene rings is 2. The van der Waals surface area contributed by atoms with Crippen molar-refractivity contribution in [2.45, 2.75) is 18.8 Å². The van der Waals surface area contributed by atoms with Crippen molar-refractivity contribution in [1.29, 1.82) is 0 Å². The molecule has 0 spiro atoms. The summed E-state index contributed by atoms with van der Waals surface area (Å²) in [6.45, 7) is 1.51. The average Bonchev–Trinajstić information content (AvgIpc) is 2.69. The Balaban J connectivity index is 1.79. The summed E-state index contributed by atoms with van der Waals surface area (Å²) in [5, 5.41) is 13.5. The number of hydrogen-bond acceptors (Lipinski definition) is 6. The van der Waals surface area contributed by atoms with Gasteiger partial charge in [0.05, 0.1) is 17.6 Å². The van der Waals surface area contributed by atoms with Gasteiger partial charge in [0.2, 0.25) is 0 Å². The smallest absolute Gasteiger partial charge is 0.416 e. The van der Waals surface area contributed by atoms with Gasteiger partial charge in [-0.3, -0.25) is 19.8 Å². The summed E-state index contributed by atoms with van der Waals surface area (Å²) in [7, 11) is 5.11. The number of likely N-dealkylation sites (tertiary alicyclic amines) is 1. The van der Waals surface area contributed by atoms with Crippen LogP contribution in [-0.4, -0.2) is 61.0 Å². The van der Waals surface area contributed by atoms with Crippen LogP contribution in [0.5, 0.6) is 5.75 Å². The third-order valence-corrected chi connectivity index (χ3v) is 5.37. The molecule has 32 heavy (non-hydrogen) atoms. The van der Waals surface area contributed by atoms with Gasteiger partial charge in [-0.05, 0) is 43.9 Å². The molecule has 3 rings (SSSR count). The summed E-state index contributed by atoms with van der Waals surface area (Å²) in [4.78, 5) is 26.9. The minimum Gasteiger partial charge on any atom is -0.490 e. The lowest BCUT2D eigenvalue weighted by Crippen LogP contribution is -2.56. The minimum absolute atomic E-state index is 0.0299. The van der Waals surface area contributed by atoms with Crippen LogP contribution in [0.3, 0.4) is 0 Å². The molecule has 1 amide bonds. The number of halogens is 3. The molecule has 2 aromatic rings. The fraction of sp³-hybridized carbons (Fsp3) is 0.381. The highest BCUT2D eigenvalue weighted by Crippen LogP contribution is 2.35. The fourth-order valence-corrected chi connectivity index (χ4v) is 3.47. The third kappa shape index (κ3) is 5.17. The zero-order valence-corrected chi connectivity index (χ0v) is 17.8. The van der Waals surface area contributed by atoms with Gasteiger partial charge in [-0.1, -0.05) is 6.07 Å². The van der Waals surface area contributed by atoms with E-state index in [1.807, 2.05) is 23.9 Å². The number of rotatable bonds is 7. The lowest BCUT2D eigenvalue weighted by molar-refractivity contribution is -0.385. The first kappa shape index (κ1) is 23.5. The standard InChI is InChI=1S/C21H23F3N4O4/c1-26(2)16-11-27(12-16)10-14-4-6-15(9-17(14)21(22,23)24)25-20(29)13-5-7-19(32-3)18(8-13)28(30)31/h4-9,16H,10-12H2,1-3H3,(H,25,29). The lowest BCUT2D eigenvalue weighted by atomic mass is 10.0. The number of carbonyl (C=O) groups excluding carboxylic acids is 1. The van der Waals surface area contributed by atoms with Crippen LogP contribution in [0.15, 0.2) is 36.4 Å². The number of amides is 1. The molecule has 8 nitrogen and oxygen atoms in total. The van der Waals surface area contributed by atoms with Crippen molar-refractivity contribution in [3.63, 3.8) is 0 Å². The maximum absolute atomic E-state index is 13.7. The van der Waals surface area contributed by atoms with Crippen LogP contribution in [-0.2, 0) is 12.7 Å². The highest BCUT2D eigenvalue weighted by atomic mass is 19.4. The molecule has 11 heteroatoms. The van der Waals surface area contributed by atoms with Gasteiger partial charge in [0.15, 0.2) is 5.75 Å². The topological polar surface area (TPSA) is 88.0 Å². The van der Waals surface area contributed by atoms with Gasteiger partial charge in [0, 0.05) is 43.0 Å². The van der Waals surface area contributed by atoms with E-state index < -0.39 is 28.3 Å². The van der Waals surface area contributed by atoms with E-state index in [0.717, 1.165) is 12.1 Å².